The zero-order valence-corrected chi connectivity index (χ0v) is 13.5. The molecule has 1 aliphatic heterocycles. The molecule has 1 amide bonds. The molecule has 3 rings (SSSR count). The Hall–Kier alpha value is -2.76. The van der Waals surface area contributed by atoms with E-state index in [0.29, 0.717) is 41.7 Å². The maximum atomic E-state index is 13.5. The number of rotatable bonds is 4. The number of amides is 1. The van der Waals surface area contributed by atoms with Gasteiger partial charge in [0.15, 0.2) is 17.6 Å². The number of hydrogen-bond donors (Lipinski definition) is 1. The Morgan fingerprint density at radius 1 is 1.17 bits per heavy atom. The van der Waals surface area contributed by atoms with Gasteiger partial charge in [0.2, 0.25) is 0 Å². The van der Waals surface area contributed by atoms with Crippen LogP contribution in [0.3, 0.4) is 0 Å². The Morgan fingerprint density at radius 2 is 1.92 bits per heavy atom. The summed E-state index contributed by atoms with van der Waals surface area (Å²) in [5, 5.41) is 2.63. The first kappa shape index (κ1) is 16.1. The highest BCUT2D eigenvalue weighted by atomic mass is 19.1. The Labute approximate surface area is 139 Å². The number of ether oxygens (including phenoxy) is 3. The summed E-state index contributed by atoms with van der Waals surface area (Å²) in [5.74, 6) is 1.01. The van der Waals surface area contributed by atoms with Gasteiger partial charge in [-0.05, 0) is 43.7 Å². The van der Waals surface area contributed by atoms with Crippen LogP contribution in [0.5, 0.6) is 17.2 Å². The van der Waals surface area contributed by atoms with Gasteiger partial charge in [-0.3, -0.25) is 4.79 Å². The highest BCUT2D eigenvalue weighted by Gasteiger charge is 2.18. The molecule has 0 fully saturated rings. The molecular formula is C18H18FNO4. The van der Waals surface area contributed by atoms with E-state index >= 15 is 0 Å². The molecule has 24 heavy (non-hydrogen) atoms. The lowest BCUT2D eigenvalue weighted by Crippen LogP contribution is -2.30. The van der Waals surface area contributed by atoms with Crippen LogP contribution in [0.4, 0.5) is 10.1 Å². The highest BCUT2D eigenvalue weighted by molar-refractivity contribution is 5.94. The van der Waals surface area contributed by atoms with E-state index in [1.54, 1.807) is 44.2 Å². The molecule has 0 spiro atoms. The Kier molecular flexibility index (Phi) is 4.55. The van der Waals surface area contributed by atoms with Crippen LogP contribution in [0.15, 0.2) is 36.4 Å². The Balaban J connectivity index is 1.64. The van der Waals surface area contributed by atoms with E-state index in [-0.39, 0.29) is 11.7 Å². The van der Waals surface area contributed by atoms with Crippen LogP contribution >= 0.6 is 0 Å². The molecule has 1 unspecified atom stereocenters. The molecule has 0 aliphatic carbocycles. The topological polar surface area (TPSA) is 56.8 Å². The third kappa shape index (κ3) is 3.59. The highest BCUT2D eigenvalue weighted by Crippen LogP contribution is 2.33. The van der Waals surface area contributed by atoms with E-state index in [1.165, 1.54) is 6.07 Å². The van der Waals surface area contributed by atoms with Crippen molar-refractivity contribution in [1.29, 1.82) is 0 Å². The molecule has 0 radical (unpaired) electrons. The van der Waals surface area contributed by atoms with E-state index in [9.17, 15) is 9.18 Å². The summed E-state index contributed by atoms with van der Waals surface area (Å²) in [6.07, 6.45) is -0.753. The minimum Gasteiger partial charge on any atom is -0.486 e. The van der Waals surface area contributed by atoms with Crippen LogP contribution in [0, 0.1) is 12.7 Å². The molecular weight excluding hydrogens is 313 g/mol. The number of halogens is 1. The minimum atomic E-state index is -0.753. The summed E-state index contributed by atoms with van der Waals surface area (Å²) in [7, 11) is 0. The first-order valence-electron chi connectivity index (χ1n) is 7.66. The first-order valence-corrected chi connectivity index (χ1v) is 7.66. The summed E-state index contributed by atoms with van der Waals surface area (Å²) in [6, 6.07) is 9.67. The standard InChI is InChI=1S/C18H18FNO4/c1-11-3-4-13(9-15(11)19)20-18(21)12(2)24-14-5-6-16-17(10-14)23-8-7-22-16/h3-6,9-10,12H,7-8H2,1-2H3,(H,20,21). The third-order valence-corrected chi connectivity index (χ3v) is 3.64. The maximum absolute atomic E-state index is 13.5. The van der Waals surface area contributed by atoms with Crippen LogP contribution in [-0.4, -0.2) is 25.2 Å². The summed E-state index contributed by atoms with van der Waals surface area (Å²) >= 11 is 0. The molecule has 1 aliphatic rings. The quantitative estimate of drug-likeness (QED) is 0.934. The number of aryl methyl sites for hydroxylation is 1. The molecule has 2 aromatic carbocycles. The van der Waals surface area contributed by atoms with E-state index in [1.807, 2.05) is 0 Å². The first-order chi connectivity index (χ1) is 11.5. The van der Waals surface area contributed by atoms with Crippen molar-refractivity contribution < 1.29 is 23.4 Å². The number of fused-ring (bicyclic) bond motifs is 1. The molecule has 0 saturated heterocycles. The van der Waals surface area contributed by atoms with Gasteiger partial charge in [0.05, 0.1) is 0 Å². The lowest BCUT2D eigenvalue weighted by Gasteiger charge is -2.20. The number of benzene rings is 2. The fraction of sp³-hybridized carbons (Fsp3) is 0.278. The molecule has 1 heterocycles. The van der Waals surface area contributed by atoms with Gasteiger partial charge < -0.3 is 19.5 Å². The van der Waals surface area contributed by atoms with E-state index in [0.717, 1.165) is 0 Å². The van der Waals surface area contributed by atoms with E-state index in [2.05, 4.69) is 5.32 Å². The second-order valence-electron chi connectivity index (χ2n) is 5.52. The second-order valence-corrected chi connectivity index (χ2v) is 5.52. The zero-order valence-electron chi connectivity index (χ0n) is 13.5. The fourth-order valence-corrected chi connectivity index (χ4v) is 2.27. The van der Waals surface area contributed by atoms with Gasteiger partial charge in [0.25, 0.3) is 5.91 Å². The molecule has 1 atom stereocenters. The number of carbonyl (C=O) groups is 1. The van der Waals surface area contributed by atoms with Crippen LogP contribution in [0.25, 0.3) is 0 Å². The molecule has 0 aromatic heterocycles. The van der Waals surface area contributed by atoms with Gasteiger partial charge in [-0.1, -0.05) is 6.07 Å². The van der Waals surface area contributed by atoms with Crippen molar-refractivity contribution in [3.05, 3.63) is 47.8 Å². The van der Waals surface area contributed by atoms with Crippen LogP contribution in [-0.2, 0) is 4.79 Å². The average molecular weight is 331 g/mol. The second kappa shape index (κ2) is 6.78. The number of carbonyl (C=O) groups excluding carboxylic acids is 1. The summed E-state index contributed by atoms with van der Waals surface area (Å²) in [6.45, 7) is 4.27. The third-order valence-electron chi connectivity index (χ3n) is 3.64. The smallest absolute Gasteiger partial charge is 0.265 e. The van der Waals surface area contributed by atoms with Crippen LogP contribution in [0.1, 0.15) is 12.5 Å². The normalized spacial score (nSPS) is 14.0. The van der Waals surface area contributed by atoms with Crippen molar-refractivity contribution >= 4 is 11.6 Å². The van der Waals surface area contributed by atoms with Crippen molar-refractivity contribution in [2.24, 2.45) is 0 Å². The van der Waals surface area contributed by atoms with Crippen molar-refractivity contribution in [2.45, 2.75) is 20.0 Å². The largest absolute Gasteiger partial charge is 0.486 e. The maximum Gasteiger partial charge on any atom is 0.265 e. The summed E-state index contributed by atoms with van der Waals surface area (Å²) in [4.78, 5) is 12.2. The summed E-state index contributed by atoms with van der Waals surface area (Å²) < 4.78 is 30.1. The average Bonchev–Trinajstić information content (AvgIpc) is 2.58. The van der Waals surface area contributed by atoms with Gasteiger partial charge in [-0.15, -0.1) is 0 Å². The number of anilines is 1. The monoisotopic (exact) mass is 331 g/mol. The van der Waals surface area contributed by atoms with Crippen molar-refractivity contribution in [3.63, 3.8) is 0 Å². The summed E-state index contributed by atoms with van der Waals surface area (Å²) in [5.41, 5.74) is 0.911. The van der Waals surface area contributed by atoms with Gasteiger partial charge in [-0.2, -0.15) is 0 Å². The van der Waals surface area contributed by atoms with E-state index < -0.39 is 6.10 Å². The molecule has 6 heteroatoms. The Morgan fingerprint density at radius 3 is 2.67 bits per heavy atom. The molecule has 126 valence electrons. The van der Waals surface area contributed by atoms with Gasteiger partial charge >= 0.3 is 0 Å². The molecule has 1 N–H and O–H groups in total. The van der Waals surface area contributed by atoms with Crippen LogP contribution < -0.4 is 19.5 Å². The lowest BCUT2D eigenvalue weighted by molar-refractivity contribution is -0.122. The molecule has 0 saturated carbocycles. The van der Waals surface area contributed by atoms with Gasteiger partial charge in [-0.25, -0.2) is 4.39 Å². The lowest BCUT2D eigenvalue weighted by atomic mass is 10.2. The Bertz CT molecular complexity index is 763. The SMILES string of the molecule is Cc1ccc(NC(=O)C(C)Oc2ccc3c(c2)OCCO3)cc1F. The predicted molar refractivity (Wildman–Crippen MR) is 87.3 cm³/mol. The van der Waals surface area contributed by atoms with E-state index in [4.69, 9.17) is 14.2 Å². The number of nitrogens with one attached hydrogen (secondary N) is 1. The van der Waals surface area contributed by atoms with Crippen molar-refractivity contribution in [1.82, 2.24) is 0 Å². The zero-order chi connectivity index (χ0) is 17.1. The van der Waals surface area contributed by atoms with Crippen molar-refractivity contribution in [3.8, 4) is 17.2 Å². The fourth-order valence-electron chi connectivity index (χ4n) is 2.27. The molecule has 2 aromatic rings. The molecule has 0 bridgehead atoms. The van der Waals surface area contributed by atoms with Gasteiger partial charge in [0.1, 0.15) is 24.8 Å². The van der Waals surface area contributed by atoms with Crippen LogP contribution in [0.2, 0.25) is 0 Å². The van der Waals surface area contributed by atoms with Gasteiger partial charge in [0, 0.05) is 11.8 Å². The number of hydrogen-bond acceptors (Lipinski definition) is 4. The van der Waals surface area contributed by atoms with Crippen molar-refractivity contribution in [2.75, 3.05) is 18.5 Å². The minimum absolute atomic E-state index is 0.367. The predicted octanol–water partition coefficient (Wildman–Crippen LogP) is 3.31. The molecule has 5 nitrogen and oxygen atoms in total.